The first-order valence-electron chi connectivity index (χ1n) is 6.30. The molecular formula is C13H25NO3. The van der Waals surface area contributed by atoms with E-state index in [0.29, 0.717) is 6.54 Å². The van der Waals surface area contributed by atoms with Crippen LogP contribution in [0.2, 0.25) is 0 Å². The molecule has 4 nitrogen and oxygen atoms in total. The zero-order chi connectivity index (χ0) is 12.9. The highest BCUT2D eigenvalue weighted by Gasteiger charge is 2.30. The number of methoxy groups -OCH3 is 1. The minimum atomic E-state index is -0.458. The van der Waals surface area contributed by atoms with Crippen LogP contribution in [0.1, 0.15) is 26.7 Å². The molecule has 0 saturated heterocycles. The fraction of sp³-hybridized carbons (Fsp3) is 0.923. The Morgan fingerprint density at radius 2 is 2.06 bits per heavy atom. The van der Waals surface area contributed by atoms with Gasteiger partial charge in [0, 0.05) is 19.7 Å². The van der Waals surface area contributed by atoms with E-state index >= 15 is 0 Å². The molecule has 1 fully saturated rings. The van der Waals surface area contributed by atoms with Crippen LogP contribution in [0, 0.1) is 11.3 Å². The second kappa shape index (κ2) is 6.36. The van der Waals surface area contributed by atoms with Gasteiger partial charge in [0.15, 0.2) is 0 Å². The Balaban J connectivity index is 2.13. The summed E-state index contributed by atoms with van der Waals surface area (Å²) in [5.74, 6) is 0.648. The monoisotopic (exact) mass is 243 g/mol. The maximum Gasteiger partial charge on any atom is 0.312 e. The molecule has 0 atom stereocenters. The zero-order valence-electron chi connectivity index (χ0n) is 11.5. The lowest BCUT2D eigenvalue weighted by atomic mass is 9.93. The Hall–Kier alpha value is -0.610. The third-order valence-electron chi connectivity index (χ3n) is 3.07. The summed E-state index contributed by atoms with van der Waals surface area (Å²) in [5, 5.41) is 0. The van der Waals surface area contributed by atoms with Crippen LogP contribution in [-0.2, 0) is 14.3 Å². The summed E-state index contributed by atoms with van der Waals surface area (Å²) in [6, 6.07) is 0. The predicted molar refractivity (Wildman–Crippen MR) is 66.8 cm³/mol. The predicted octanol–water partition coefficient (Wildman–Crippen LogP) is 1.54. The Labute approximate surface area is 104 Å². The van der Waals surface area contributed by atoms with Crippen molar-refractivity contribution in [2.24, 2.45) is 11.3 Å². The van der Waals surface area contributed by atoms with Gasteiger partial charge in [0.2, 0.25) is 0 Å². The first-order chi connectivity index (χ1) is 7.95. The minimum absolute atomic E-state index is 0.164. The number of rotatable bonds is 8. The highest BCUT2D eigenvalue weighted by Crippen LogP contribution is 2.28. The van der Waals surface area contributed by atoms with Gasteiger partial charge in [-0.05, 0) is 39.7 Å². The molecule has 0 spiro atoms. The van der Waals surface area contributed by atoms with Gasteiger partial charge in [0.1, 0.15) is 0 Å². The van der Waals surface area contributed by atoms with Gasteiger partial charge in [-0.3, -0.25) is 4.79 Å². The molecule has 100 valence electrons. The van der Waals surface area contributed by atoms with Gasteiger partial charge in [0.05, 0.1) is 19.1 Å². The third-order valence-corrected chi connectivity index (χ3v) is 3.07. The number of hydrogen-bond acceptors (Lipinski definition) is 4. The minimum Gasteiger partial charge on any atom is -0.469 e. The average Bonchev–Trinajstić information content (AvgIpc) is 3.06. The molecule has 0 bridgehead atoms. The Kier molecular flexibility index (Phi) is 5.40. The molecule has 0 amide bonds. The summed E-state index contributed by atoms with van der Waals surface area (Å²) in [7, 11) is 3.44. The fourth-order valence-electron chi connectivity index (χ4n) is 1.85. The van der Waals surface area contributed by atoms with E-state index in [9.17, 15) is 4.79 Å². The van der Waals surface area contributed by atoms with Gasteiger partial charge in [-0.15, -0.1) is 0 Å². The summed E-state index contributed by atoms with van der Waals surface area (Å²) in [5.41, 5.74) is -0.458. The normalized spacial score (nSPS) is 16.3. The van der Waals surface area contributed by atoms with Crippen LogP contribution in [0.3, 0.4) is 0 Å². The van der Waals surface area contributed by atoms with Crippen molar-refractivity contribution in [3.05, 3.63) is 0 Å². The van der Waals surface area contributed by atoms with Crippen molar-refractivity contribution in [3.63, 3.8) is 0 Å². The van der Waals surface area contributed by atoms with Crippen LogP contribution in [-0.4, -0.2) is 51.3 Å². The van der Waals surface area contributed by atoms with Crippen molar-refractivity contribution in [1.29, 1.82) is 0 Å². The van der Waals surface area contributed by atoms with Gasteiger partial charge in [-0.1, -0.05) is 0 Å². The molecule has 0 aromatic rings. The lowest BCUT2D eigenvalue weighted by Crippen LogP contribution is -2.39. The van der Waals surface area contributed by atoms with Gasteiger partial charge >= 0.3 is 5.97 Å². The van der Waals surface area contributed by atoms with E-state index in [1.807, 2.05) is 20.9 Å². The Bertz CT molecular complexity index is 249. The molecule has 0 aromatic heterocycles. The number of esters is 1. The van der Waals surface area contributed by atoms with Crippen molar-refractivity contribution in [3.8, 4) is 0 Å². The maximum atomic E-state index is 11.5. The van der Waals surface area contributed by atoms with Gasteiger partial charge < -0.3 is 14.4 Å². The lowest BCUT2D eigenvalue weighted by molar-refractivity contribution is -0.151. The highest BCUT2D eigenvalue weighted by atomic mass is 16.5. The summed E-state index contributed by atoms with van der Waals surface area (Å²) in [4.78, 5) is 13.6. The van der Waals surface area contributed by atoms with Crippen LogP contribution in [0.25, 0.3) is 0 Å². The molecule has 1 aliphatic carbocycles. The fourth-order valence-corrected chi connectivity index (χ4v) is 1.85. The molecule has 17 heavy (non-hydrogen) atoms. The van der Waals surface area contributed by atoms with E-state index < -0.39 is 5.41 Å². The molecule has 0 heterocycles. The molecule has 1 rings (SSSR count). The second-order valence-corrected chi connectivity index (χ2v) is 5.63. The standard InChI is InChI=1S/C13H25NO3/c1-13(2,12(15)16-4)10-14(3)7-8-17-9-11-5-6-11/h11H,5-10H2,1-4H3. The van der Waals surface area contributed by atoms with E-state index in [1.54, 1.807) is 0 Å². The van der Waals surface area contributed by atoms with Crippen LogP contribution >= 0.6 is 0 Å². The maximum absolute atomic E-state index is 11.5. The second-order valence-electron chi connectivity index (χ2n) is 5.63. The SMILES string of the molecule is COC(=O)C(C)(C)CN(C)CCOCC1CC1. The summed E-state index contributed by atoms with van der Waals surface area (Å²) >= 11 is 0. The van der Waals surface area contributed by atoms with Gasteiger partial charge in [0.25, 0.3) is 0 Å². The van der Waals surface area contributed by atoms with Crippen molar-refractivity contribution >= 4 is 5.97 Å². The molecular weight excluding hydrogens is 218 g/mol. The number of ether oxygens (including phenoxy) is 2. The number of nitrogens with zero attached hydrogens (tertiary/aromatic N) is 1. The van der Waals surface area contributed by atoms with Crippen LogP contribution in [0.15, 0.2) is 0 Å². The summed E-state index contributed by atoms with van der Waals surface area (Å²) < 4.78 is 10.4. The molecule has 0 aromatic carbocycles. The molecule has 1 saturated carbocycles. The summed E-state index contributed by atoms with van der Waals surface area (Å²) in [6.45, 7) is 6.98. The first kappa shape index (κ1) is 14.5. The molecule has 0 N–H and O–H groups in total. The Morgan fingerprint density at radius 3 is 2.59 bits per heavy atom. The van der Waals surface area contributed by atoms with E-state index in [-0.39, 0.29) is 5.97 Å². The van der Waals surface area contributed by atoms with Gasteiger partial charge in [-0.25, -0.2) is 0 Å². The van der Waals surface area contributed by atoms with Crippen molar-refractivity contribution in [1.82, 2.24) is 4.90 Å². The van der Waals surface area contributed by atoms with E-state index in [2.05, 4.69) is 4.90 Å². The molecule has 1 aliphatic rings. The number of carbonyl (C=O) groups excluding carboxylic acids is 1. The van der Waals surface area contributed by atoms with Crippen molar-refractivity contribution in [2.45, 2.75) is 26.7 Å². The quantitative estimate of drug-likeness (QED) is 0.479. The van der Waals surface area contributed by atoms with E-state index in [0.717, 1.165) is 25.7 Å². The molecule has 4 heteroatoms. The topological polar surface area (TPSA) is 38.8 Å². The van der Waals surface area contributed by atoms with Crippen LogP contribution in [0.4, 0.5) is 0 Å². The molecule has 0 radical (unpaired) electrons. The van der Waals surface area contributed by atoms with E-state index in [1.165, 1.54) is 20.0 Å². The third kappa shape index (κ3) is 5.50. The zero-order valence-corrected chi connectivity index (χ0v) is 11.5. The smallest absolute Gasteiger partial charge is 0.312 e. The Morgan fingerprint density at radius 1 is 1.41 bits per heavy atom. The number of likely N-dealkylation sites (N-methyl/N-ethyl adjacent to an activating group) is 1. The van der Waals surface area contributed by atoms with Crippen LogP contribution < -0.4 is 0 Å². The number of hydrogen-bond donors (Lipinski definition) is 0. The highest BCUT2D eigenvalue weighted by molar-refractivity contribution is 5.76. The molecule has 0 aliphatic heterocycles. The van der Waals surface area contributed by atoms with Crippen molar-refractivity contribution < 1.29 is 14.3 Å². The van der Waals surface area contributed by atoms with Gasteiger partial charge in [-0.2, -0.15) is 0 Å². The lowest BCUT2D eigenvalue weighted by Gasteiger charge is -2.27. The van der Waals surface area contributed by atoms with Crippen LogP contribution in [0.5, 0.6) is 0 Å². The largest absolute Gasteiger partial charge is 0.469 e. The summed E-state index contributed by atoms with van der Waals surface area (Å²) in [6.07, 6.45) is 2.65. The number of carbonyl (C=O) groups is 1. The van der Waals surface area contributed by atoms with E-state index in [4.69, 9.17) is 9.47 Å². The average molecular weight is 243 g/mol. The first-order valence-corrected chi connectivity index (χ1v) is 6.30. The molecule has 0 unspecified atom stereocenters. The van der Waals surface area contributed by atoms with Crippen molar-refractivity contribution in [2.75, 3.05) is 40.5 Å².